The van der Waals surface area contributed by atoms with Crippen LogP contribution in [0.3, 0.4) is 0 Å². The van der Waals surface area contributed by atoms with Crippen LogP contribution < -0.4 is 5.32 Å². The van der Waals surface area contributed by atoms with Crippen LogP contribution in [0.15, 0.2) is 30.3 Å². The van der Waals surface area contributed by atoms with Crippen molar-refractivity contribution in [1.82, 2.24) is 15.1 Å². The number of nitrogens with zero attached hydrogens (tertiary/aromatic N) is 2. The van der Waals surface area contributed by atoms with E-state index in [0.29, 0.717) is 18.3 Å². The maximum Gasteiger partial charge on any atom is 0.225 e. The number of aromatic nitrogens is 2. The number of aromatic amines is 1. The van der Waals surface area contributed by atoms with Crippen molar-refractivity contribution >= 4 is 11.7 Å². The summed E-state index contributed by atoms with van der Waals surface area (Å²) in [4.78, 5) is 14.9. The molecule has 26 heavy (non-hydrogen) atoms. The monoisotopic (exact) mass is 352 g/mol. The molecular formula is C21H28N4O. The lowest BCUT2D eigenvalue weighted by atomic mass is 9.93. The Balaban J connectivity index is 1.23. The number of carbonyl (C=O) groups is 1. The van der Waals surface area contributed by atoms with Gasteiger partial charge in [-0.3, -0.25) is 14.8 Å². The number of carbonyl (C=O) groups excluding carboxylic acids is 1. The summed E-state index contributed by atoms with van der Waals surface area (Å²) in [5.74, 6) is 1.92. The van der Waals surface area contributed by atoms with Crippen molar-refractivity contribution in [2.45, 2.75) is 51.5 Å². The number of anilines is 1. The first-order valence-corrected chi connectivity index (χ1v) is 9.80. The van der Waals surface area contributed by atoms with Crippen LogP contribution in [-0.4, -0.2) is 34.1 Å². The van der Waals surface area contributed by atoms with Crippen LogP contribution in [0.25, 0.3) is 0 Å². The average Bonchev–Trinajstić information content (AvgIpc) is 3.43. The Bertz CT molecular complexity index is 743. The minimum absolute atomic E-state index is 0.100. The van der Waals surface area contributed by atoms with Crippen LogP contribution in [0, 0.1) is 12.8 Å². The fourth-order valence-electron chi connectivity index (χ4n) is 3.94. The van der Waals surface area contributed by atoms with Gasteiger partial charge in [0.1, 0.15) is 0 Å². The van der Waals surface area contributed by atoms with Gasteiger partial charge in [0, 0.05) is 30.1 Å². The second kappa shape index (κ2) is 7.62. The third-order valence-electron chi connectivity index (χ3n) is 5.72. The molecule has 1 saturated heterocycles. The number of H-pyrrole nitrogens is 1. The van der Waals surface area contributed by atoms with Gasteiger partial charge in [-0.1, -0.05) is 30.3 Å². The number of hydrogen-bond donors (Lipinski definition) is 2. The lowest BCUT2D eigenvalue weighted by Gasteiger charge is -2.31. The molecule has 2 fully saturated rings. The van der Waals surface area contributed by atoms with E-state index in [9.17, 15) is 4.79 Å². The summed E-state index contributed by atoms with van der Waals surface area (Å²) in [7, 11) is 0. The first-order chi connectivity index (χ1) is 12.7. The molecule has 0 spiro atoms. The van der Waals surface area contributed by atoms with Gasteiger partial charge in [-0.25, -0.2) is 0 Å². The summed E-state index contributed by atoms with van der Waals surface area (Å²) in [6.45, 7) is 5.20. The molecule has 2 aliphatic rings. The van der Waals surface area contributed by atoms with E-state index < -0.39 is 0 Å². The zero-order valence-electron chi connectivity index (χ0n) is 15.5. The van der Waals surface area contributed by atoms with Gasteiger partial charge in [0.2, 0.25) is 5.91 Å². The summed E-state index contributed by atoms with van der Waals surface area (Å²) in [6.07, 6.45) is 5.25. The van der Waals surface area contributed by atoms with Crippen molar-refractivity contribution in [3.05, 3.63) is 47.2 Å². The Kier molecular flexibility index (Phi) is 5.07. The van der Waals surface area contributed by atoms with Gasteiger partial charge < -0.3 is 5.32 Å². The smallest absolute Gasteiger partial charge is 0.225 e. The van der Waals surface area contributed by atoms with Gasteiger partial charge >= 0.3 is 0 Å². The van der Waals surface area contributed by atoms with Crippen molar-refractivity contribution in [3.8, 4) is 0 Å². The van der Waals surface area contributed by atoms with E-state index in [2.05, 4.69) is 57.7 Å². The molecule has 5 nitrogen and oxygen atoms in total. The maximum atomic E-state index is 12.4. The van der Waals surface area contributed by atoms with Crippen LogP contribution in [-0.2, 0) is 11.3 Å². The van der Waals surface area contributed by atoms with Crippen molar-refractivity contribution in [2.24, 2.45) is 5.92 Å². The number of benzene rings is 1. The SMILES string of the molecule is Cc1c(NC(=O)CC2CCN(Cc3ccccc3)CC2)n[nH]c1C1CC1. The molecule has 1 saturated carbocycles. The normalized spacial score (nSPS) is 18.8. The van der Waals surface area contributed by atoms with Crippen molar-refractivity contribution in [2.75, 3.05) is 18.4 Å². The molecule has 5 heteroatoms. The van der Waals surface area contributed by atoms with E-state index in [1.807, 2.05) is 0 Å². The number of piperidine rings is 1. The molecule has 1 aliphatic carbocycles. The molecular weight excluding hydrogens is 324 g/mol. The van der Waals surface area contributed by atoms with E-state index in [4.69, 9.17) is 0 Å². The second-order valence-electron chi connectivity index (χ2n) is 7.84. The quantitative estimate of drug-likeness (QED) is 0.830. The number of hydrogen-bond acceptors (Lipinski definition) is 3. The van der Waals surface area contributed by atoms with Crippen molar-refractivity contribution < 1.29 is 4.79 Å². The van der Waals surface area contributed by atoms with E-state index in [1.165, 1.54) is 24.1 Å². The highest BCUT2D eigenvalue weighted by molar-refractivity contribution is 5.90. The van der Waals surface area contributed by atoms with Crippen molar-refractivity contribution in [3.63, 3.8) is 0 Å². The van der Waals surface area contributed by atoms with Crippen LogP contribution >= 0.6 is 0 Å². The molecule has 2 aromatic rings. The Morgan fingerprint density at radius 2 is 1.92 bits per heavy atom. The number of amides is 1. The van der Waals surface area contributed by atoms with Crippen LogP contribution in [0.1, 0.15) is 54.8 Å². The molecule has 4 rings (SSSR count). The summed E-state index contributed by atoms with van der Waals surface area (Å²) < 4.78 is 0. The van der Waals surface area contributed by atoms with E-state index in [0.717, 1.165) is 43.9 Å². The predicted molar refractivity (Wildman–Crippen MR) is 103 cm³/mol. The molecule has 1 amide bonds. The van der Waals surface area contributed by atoms with Crippen molar-refractivity contribution in [1.29, 1.82) is 0 Å². The topological polar surface area (TPSA) is 61.0 Å². The van der Waals surface area contributed by atoms with Gasteiger partial charge in [0.15, 0.2) is 5.82 Å². The first kappa shape index (κ1) is 17.3. The number of nitrogens with one attached hydrogen (secondary N) is 2. The van der Waals surface area contributed by atoms with Gasteiger partial charge in [0.05, 0.1) is 0 Å². The Morgan fingerprint density at radius 3 is 2.62 bits per heavy atom. The highest BCUT2D eigenvalue weighted by Crippen LogP contribution is 2.41. The Hall–Kier alpha value is -2.14. The molecule has 2 heterocycles. The molecule has 1 aliphatic heterocycles. The summed E-state index contributed by atoms with van der Waals surface area (Å²) in [5.41, 5.74) is 3.68. The standard InChI is InChI=1S/C21H28N4O/c1-15-20(18-7-8-18)23-24-21(15)22-19(26)13-16-9-11-25(12-10-16)14-17-5-3-2-4-6-17/h2-6,16,18H,7-14H2,1H3,(H2,22,23,24,26). The second-order valence-corrected chi connectivity index (χ2v) is 7.84. The molecule has 1 aromatic carbocycles. The van der Waals surface area contributed by atoms with Gasteiger partial charge in [-0.2, -0.15) is 5.10 Å². The fraction of sp³-hybridized carbons (Fsp3) is 0.524. The van der Waals surface area contributed by atoms with Gasteiger partial charge in [-0.15, -0.1) is 0 Å². The zero-order valence-corrected chi connectivity index (χ0v) is 15.5. The Morgan fingerprint density at radius 1 is 1.19 bits per heavy atom. The highest BCUT2D eigenvalue weighted by Gasteiger charge is 2.29. The van der Waals surface area contributed by atoms with E-state index in [1.54, 1.807) is 0 Å². The van der Waals surface area contributed by atoms with Crippen LogP contribution in [0.5, 0.6) is 0 Å². The minimum atomic E-state index is 0.100. The third-order valence-corrected chi connectivity index (χ3v) is 5.72. The van der Waals surface area contributed by atoms with Gasteiger partial charge in [0.25, 0.3) is 0 Å². The third kappa shape index (κ3) is 4.15. The Labute approximate surface area is 155 Å². The molecule has 0 bridgehead atoms. The molecule has 2 N–H and O–H groups in total. The summed E-state index contributed by atoms with van der Waals surface area (Å²) >= 11 is 0. The predicted octanol–water partition coefficient (Wildman–Crippen LogP) is 3.84. The van der Waals surface area contributed by atoms with Crippen LogP contribution in [0.4, 0.5) is 5.82 Å². The summed E-state index contributed by atoms with van der Waals surface area (Å²) in [5, 5.41) is 10.4. The molecule has 138 valence electrons. The molecule has 0 unspecified atom stereocenters. The van der Waals surface area contributed by atoms with E-state index >= 15 is 0 Å². The fourth-order valence-corrected chi connectivity index (χ4v) is 3.94. The number of likely N-dealkylation sites (tertiary alicyclic amines) is 1. The highest BCUT2D eigenvalue weighted by atomic mass is 16.1. The van der Waals surface area contributed by atoms with Gasteiger partial charge in [-0.05, 0) is 57.2 Å². The zero-order chi connectivity index (χ0) is 17.9. The summed E-state index contributed by atoms with van der Waals surface area (Å²) in [6, 6.07) is 10.6. The van der Waals surface area contributed by atoms with Crippen LogP contribution in [0.2, 0.25) is 0 Å². The molecule has 1 aromatic heterocycles. The number of rotatable bonds is 6. The largest absolute Gasteiger partial charge is 0.309 e. The minimum Gasteiger partial charge on any atom is -0.309 e. The maximum absolute atomic E-state index is 12.4. The average molecular weight is 352 g/mol. The lowest BCUT2D eigenvalue weighted by molar-refractivity contribution is -0.117. The lowest BCUT2D eigenvalue weighted by Crippen LogP contribution is -2.34. The first-order valence-electron chi connectivity index (χ1n) is 9.80. The van der Waals surface area contributed by atoms with E-state index in [-0.39, 0.29) is 5.91 Å². The molecule has 0 atom stereocenters. The molecule has 0 radical (unpaired) electrons.